The predicted octanol–water partition coefficient (Wildman–Crippen LogP) is 3.59. The van der Waals surface area contributed by atoms with Gasteiger partial charge < -0.3 is 0 Å². The molecule has 0 aliphatic carbocycles. The molecule has 2 aromatic carbocycles. The average molecular weight is 382 g/mol. The number of aromatic nitrogens is 2. The quantitative estimate of drug-likeness (QED) is 0.708. The van der Waals surface area contributed by atoms with Gasteiger partial charge in [0.15, 0.2) is 5.82 Å². The van der Waals surface area contributed by atoms with Gasteiger partial charge in [0.1, 0.15) is 0 Å². The molecule has 5 nitrogen and oxygen atoms in total. The highest BCUT2D eigenvalue weighted by molar-refractivity contribution is 7.89. The molecule has 3 aromatic rings. The zero-order chi connectivity index (χ0) is 19.4. The monoisotopic (exact) mass is 381 g/mol. The number of benzene rings is 2. The van der Waals surface area contributed by atoms with E-state index in [0.29, 0.717) is 23.7 Å². The van der Waals surface area contributed by atoms with Crippen LogP contribution in [0.25, 0.3) is 11.4 Å². The van der Waals surface area contributed by atoms with Crippen molar-refractivity contribution in [1.29, 1.82) is 0 Å². The summed E-state index contributed by atoms with van der Waals surface area (Å²) in [5.74, 6) is 0.658. The molecule has 6 heteroatoms. The number of hydrogen-bond donors (Lipinski definition) is 1. The first-order valence-corrected chi connectivity index (χ1v) is 10.3. The van der Waals surface area contributed by atoms with Crippen LogP contribution in [-0.4, -0.2) is 24.9 Å². The van der Waals surface area contributed by atoms with E-state index >= 15 is 0 Å². The molecular formula is C21H23N3O2S. The highest BCUT2D eigenvalue weighted by atomic mass is 32.2. The molecule has 0 bridgehead atoms. The first-order chi connectivity index (χ1) is 12.9. The lowest BCUT2D eigenvalue weighted by atomic mass is 10.1. The van der Waals surface area contributed by atoms with Crippen molar-refractivity contribution in [3.05, 3.63) is 77.1 Å². The van der Waals surface area contributed by atoms with Crippen molar-refractivity contribution in [2.24, 2.45) is 0 Å². The van der Waals surface area contributed by atoms with Crippen molar-refractivity contribution >= 4 is 10.0 Å². The first kappa shape index (κ1) is 19.2. The zero-order valence-corrected chi connectivity index (χ0v) is 16.5. The van der Waals surface area contributed by atoms with Crippen molar-refractivity contribution in [3.63, 3.8) is 0 Å². The van der Waals surface area contributed by atoms with Gasteiger partial charge in [-0.15, -0.1) is 0 Å². The second kappa shape index (κ2) is 7.98. The third kappa shape index (κ3) is 4.59. The molecule has 1 heterocycles. The lowest BCUT2D eigenvalue weighted by Gasteiger charge is -2.12. The molecule has 0 spiro atoms. The topological polar surface area (TPSA) is 72.0 Å². The molecule has 0 aliphatic heterocycles. The van der Waals surface area contributed by atoms with Crippen LogP contribution in [0.1, 0.15) is 22.3 Å². The van der Waals surface area contributed by atoms with Crippen LogP contribution < -0.4 is 4.72 Å². The SMILES string of the molecule is Cc1cc(C)c(S(=O)(=O)NCCc2cnc(-c3ccccc3)nc2)cc1C. The van der Waals surface area contributed by atoms with Gasteiger partial charge in [-0.25, -0.2) is 23.1 Å². The van der Waals surface area contributed by atoms with E-state index in [4.69, 9.17) is 0 Å². The van der Waals surface area contributed by atoms with Gasteiger partial charge in [-0.1, -0.05) is 36.4 Å². The minimum atomic E-state index is -3.54. The van der Waals surface area contributed by atoms with E-state index in [2.05, 4.69) is 14.7 Å². The van der Waals surface area contributed by atoms with Crippen molar-refractivity contribution in [2.75, 3.05) is 6.54 Å². The summed E-state index contributed by atoms with van der Waals surface area (Å²) < 4.78 is 27.9. The van der Waals surface area contributed by atoms with Gasteiger partial charge in [-0.3, -0.25) is 0 Å². The smallest absolute Gasteiger partial charge is 0.236 e. The third-order valence-electron chi connectivity index (χ3n) is 4.52. The van der Waals surface area contributed by atoms with E-state index in [1.807, 2.05) is 57.2 Å². The Hall–Kier alpha value is -2.57. The maximum absolute atomic E-state index is 12.6. The molecule has 0 atom stereocenters. The van der Waals surface area contributed by atoms with Gasteiger partial charge >= 0.3 is 0 Å². The fourth-order valence-corrected chi connectivity index (χ4v) is 4.19. The summed E-state index contributed by atoms with van der Waals surface area (Å²) >= 11 is 0. The van der Waals surface area contributed by atoms with Crippen LogP contribution in [0, 0.1) is 20.8 Å². The summed E-state index contributed by atoms with van der Waals surface area (Å²) in [6.45, 7) is 6.00. The Morgan fingerprint density at radius 1 is 0.889 bits per heavy atom. The summed E-state index contributed by atoms with van der Waals surface area (Å²) in [5.41, 5.74) is 4.64. The second-order valence-electron chi connectivity index (χ2n) is 6.63. The molecular weight excluding hydrogens is 358 g/mol. The summed E-state index contributed by atoms with van der Waals surface area (Å²) in [4.78, 5) is 9.07. The van der Waals surface area contributed by atoms with Gasteiger partial charge in [0, 0.05) is 24.5 Å². The zero-order valence-electron chi connectivity index (χ0n) is 15.7. The van der Waals surface area contributed by atoms with Crippen LogP contribution >= 0.6 is 0 Å². The Labute approximate surface area is 160 Å². The predicted molar refractivity (Wildman–Crippen MR) is 107 cm³/mol. The van der Waals surface area contributed by atoms with Crippen molar-refractivity contribution in [3.8, 4) is 11.4 Å². The van der Waals surface area contributed by atoms with E-state index in [0.717, 1.165) is 27.8 Å². The van der Waals surface area contributed by atoms with Crippen LogP contribution in [0.4, 0.5) is 0 Å². The van der Waals surface area contributed by atoms with Crippen LogP contribution in [0.15, 0.2) is 59.8 Å². The standard InChI is InChI=1S/C21H23N3O2S/c1-15-11-17(3)20(12-16(15)2)27(25,26)24-10-9-18-13-22-21(23-14-18)19-7-5-4-6-8-19/h4-8,11-14,24H,9-10H2,1-3H3. The van der Waals surface area contributed by atoms with Crippen LogP contribution in [0.5, 0.6) is 0 Å². The van der Waals surface area contributed by atoms with E-state index in [9.17, 15) is 8.42 Å². The summed E-state index contributed by atoms with van der Waals surface area (Å²) in [6, 6.07) is 13.4. The van der Waals surface area contributed by atoms with E-state index < -0.39 is 10.0 Å². The van der Waals surface area contributed by atoms with Gasteiger partial charge in [-0.05, 0) is 55.5 Å². The molecule has 0 fully saturated rings. The number of rotatable bonds is 6. The number of nitrogens with zero attached hydrogens (tertiary/aromatic N) is 2. The molecule has 0 radical (unpaired) electrons. The Balaban J connectivity index is 1.65. The van der Waals surface area contributed by atoms with Gasteiger partial charge in [0.25, 0.3) is 0 Å². The van der Waals surface area contributed by atoms with Crippen molar-refractivity contribution in [2.45, 2.75) is 32.1 Å². The average Bonchev–Trinajstić information content (AvgIpc) is 2.66. The van der Waals surface area contributed by atoms with Crippen molar-refractivity contribution in [1.82, 2.24) is 14.7 Å². The largest absolute Gasteiger partial charge is 0.240 e. The van der Waals surface area contributed by atoms with Crippen molar-refractivity contribution < 1.29 is 8.42 Å². The second-order valence-corrected chi connectivity index (χ2v) is 8.37. The third-order valence-corrected chi connectivity index (χ3v) is 6.13. The molecule has 1 N–H and O–H groups in total. The van der Waals surface area contributed by atoms with Crippen LogP contribution in [-0.2, 0) is 16.4 Å². The minimum Gasteiger partial charge on any atom is -0.236 e. The lowest BCUT2D eigenvalue weighted by Crippen LogP contribution is -2.26. The minimum absolute atomic E-state index is 0.294. The van der Waals surface area contributed by atoms with Gasteiger partial charge in [0.2, 0.25) is 10.0 Å². The highest BCUT2D eigenvalue weighted by Gasteiger charge is 2.17. The Morgan fingerprint density at radius 3 is 2.19 bits per heavy atom. The first-order valence-electron chi connectivity index (χ1n) is 8.81. The Kier molecular flexibility index (Phi) is 5.68. The Morgan fingerprint density at radius 2 is 1.52 bits per heavy atom. The van der Waals surface area contributed by atoms with E-state index in [1.54, 1.807) is 18.5 Å². The number of nitrogens with one attached hydrogen (secondary N) is 1. The highest BCUT2D eigenvalue weighted by Crippen LogP contribution is 2.20. The fraction of sp³-hybridized carbons (Fsp3) is 0.238. The summed E-state index contributed by atoms with van der Waals surface area (Å²) in [5, 5.41) is 0. The summed E-state index contributed by atoms with van der Waals surface area (Å²) in [6.07, 6.45) is 4.01. The van der Waals surface area contributed by atoms with Gasteiger partial charge in [-0.2, -0.15) is 0 Å². The number of sulfonamides is 1. The molecule has 0 unspecified atom stereocenters. The van der Waals surface area contributed by atoms with Crippen LogP contribution in [0.3, 0.4) is 0 Å². The molecule has 1 aromatic heterocycles. The maximum Gasteiger partial charge on any atom is 0.240 e. The lowest BCUT2D eigenvalue weighted by molar-refractivity contribution is 0.581. The molecule has 0 amide bonds. The molecule has 3 rings (SSSR count). The van der Waals surface area contributed by atoms with Crippen LogP contribution in [0.2, 0.25) is 0 Å². The Bertz CT molecular complexity index is 1030. The fourth-order valence-electron chi connectivity index (χ4n) is 2.85. The number of aryl methyl sites for hydroxylation is 3. The molecule has 27 heavy (non-hydrogen) atoms. The maximum atomic E-state index is 12.6. The molecule has 0 aliphatic rings. The molecule has 0 saturated carbocycles. The number of hydrogen-bond acceptors (Lipinski definition) is 4. The van der Waals surface area contributed by atoms with E-state index in [-0.39, 0.29) is 0 Å². The normalized spacial score (nSPS) is 11.5. The van der Waals surface area contributed by atoms with Gasteiger partial charge in [0.05, 0.1) is 4.90 Å². The summed E-state index contributed by atoms with van der Waals surface area (Å²) in [7, 11) is -3.54. The van der Waals surface area contributed by atoms with E-state index in [1.165, 1.54) is 0 Å². The molecule has 140 valence electrons. The molecule has 0 saturated heterocycles.